The number of hydrogen-bond donors (Lipinski definition) is 2. The van der Waals surface area contributed by atoms with Gasteiger partial charge in [0.1, 0.15) is 0 Å². The highest BCUT2D eigenvalue weighted by Crippen LogP contribution is 2.05. The summed E-state index contributed by atoms with van der Waals surface area (Å²) in [5.41, 5.74) is 1.29. The maximum Gasteiger partial charge on any atom is 0.0791 e. The van der Waals surface area contributed by atoms with E-state index in [9.17, 15) is 5.11 Å². The van der Waals surface area contributed by atoms with Gasteiger partial charge in [-0.3, -0.25) is 4.90 Å². The van der Waals surface area contributed by atoms with Gasteiger partial charge in [0, 0.05) is 32.7 Å². The average Bonchev–Trinajstić information content (AvgIpc) is 2.83. The Morgan fingerprint density at radius 3 is 3.00 bits per heavy atom. The van der Waals surface area contributed by atoms with E-state index in [1.807, 2.05) is 0 Å². The van der Waals surface area contributed by atoms with Crippen LogP contribution in [0.2, 0.25) is 0 Å². The van der Waals surface area contributed by atoms with Crippen LogP contribution in [-0.2, 0) is 11.3 Å². The predicted octanol–water partition coefficient (Wildman–Crippen LogP) is 0.531. The average molecular weight is 256 g/mol. The van der Waals surface area contributed by atoms with Gasteiger partial charge in [0.15, 0.2) is 0 Å². The predicted molar refractivity (Wildman–Crippen MR) is 69.3 cm³/mol. The van der Waals surface area contributed by atoms with Gasteiger partial charge in [-0.25, -0.2) is 0 Å². The molecule has 2 heterocycles. The number of ether oxygens (including phenoxy) is 1. The number of hydrogen-bond acceptors (Lipinski definition) is 5. The van der Waals surface area contributed by atoms with E-state index in [0.717, 1.165) is 39.4 Å². The maximum atomic E-state index is 9.89. The summed E-state index contributed by atoms with van der Waals surface area (Å²) in [4.78, 5) is 2.25. The molecule has 1 atom stereocenters. The van der Waals surface area contributed by atoms with E-state index >= 15 is 0 Å². The third-order valence-electron chi connectivity index (χ3n) is 2.86. The Bertz CT molecular complexity index is 299. The highest BCUT2D eigenvalue weighted by atomic mass is 32.1. The number of aliphatic hydroxyl groups is 1. The molecule has 4 nitrogen and oxygen atoms in total. The van der Waals surface area contributed by atoms with E-state index < -0.39 is 0 Å². The topological polar surface area (TPSA) is 44.7 Å². The minimum Gasteiger partial charge on any atom is -0.390 e. The zero-order chi connectivity index (χ0) is 11.9. The normalized spacial score (nSPS) is 19.4. The summed E-state index contributed by atoms with van der Waals surface area (Å²) < 4.78 is 5.27. The summed E-state index contributed by atoms with van der Waals surface area (Å²) in [6.07, 6.45) is -0.299. The van der Waals surface area contributed by atoms with E-state index in [-0.39, 0.29) is 6.10 Å². The number of nitrogens with zero attached hydrogens (tertiary/aromatic N) is 1. The van der Waals surface area contributed by atoms with Crippen LogP contribution in [0, 0.1) is 0 Å². The highest BCUT2D eigenvalue weighted by molar-refractivity contribution is 7.07. The van der Waals surface area contributed by atoms with Crippen LogP contribution in [0.5, 0.6) is 0 Å². The molecule has 96 valence electrons. The summed E-state index contributed by atoms with van der Waals surface area (Å²) >= 11 is 1.70. The molecule has 1 fully saturated rings. The molecular weight excluding hydrogens is 236 g/mol. The molecule has 1 aromatic heterocycles. The van der Waals surface area contributed by atoms with Crippen molar-refractivity contribution in [3.63, 3.8) is 0 Å². The van der Waals surface area contributed by atoms with E-state index in [1.54, 1.807) is 11.3 Å². The lowest BCUT2D eigenvalue weighted by molar-refractivity contribution is 0.0149. The van der Waals surface area contributed by atoms with Gasteiger partial charge in [0.05, 0.1) is 19.3 Å². The van der Waals surface area contributed by atoms with Crippen molar-refractivity contribution >= 4 is 11.3 Å². The van der Waals surface area contributed by atoms with Crippen molar-refractivity contribution in [2.75, 3.05) is 39.4 Å². The first-order valence-corrected chi connectivity index (χ1v) is 6.99. The largest absolute Gasteiger partial charge is 0.390 e. The minimum atomic E-state index is -0.299. The smallest absolute Gasteiger partial charge is 0.0791 e. The third-order valence-corrected chi connectivity index (χ3v) is 3.59. The number of aliphatic hydroxyl groups excluding tert-OH is 1. The lowest BCUT2D eigenvalue weighted by atomic mass is 10.3. The molecule has 1 aliphatic heterocycles. The van der Waals surface area contributed by atoms with Crippen LogP contribution in [0.4, 0.5) is 0 Å². The number of morpholine rings is 1. The van der Waals surface area contributed by atoms with Crippen molar-refractivity contribution in [1.82, 2.24) is 10.2 Å². The summed E-state index contributed by atoms with van der Waals surface area (Å²) in [6.45, 7) is 5.66. The second-order valence-corrected chi connectivity index (χ2v) is 5.11. The fourth-order valence-corrected chi connectivity index (χ4v) is 2.59. The van der Waals surface area contributed by atoms with Crippen molar-refractivity contribution < 1.29 is 9.84 Å². The second-order valence-electron chi connectivity index (χ2n) is 4.33. The minimum absolute atomic E-state index is 0.299. The Morgan fingerprint density at radius 1 is 1.47 bits per heavy atom. The number of thiophene rings is 1. The molecule has 1 aliphatic rings. The molecule has 2 rings (SSSR count). The van der Waals surface area contributed by atoms with Crippen LogP contribution >= 0.6 is 11.3 Å². The first kappa shape index (κ1) is 13.0. The van der Waals surface area contributed by atoms with Gasteiger partial charge in [0.2, 0.25) is 0 Å². The van der Waals surface area contributed by atoms with Gasteiger partial charge < -0.3 is 15.2 Å². The van der Waals surface area contributed by atoms with Gasteiger partial charge in [-0.2, -0.15) is 11.3 Å². The molecule has 0 bridgehead atoms. The van der Waals surface area contributed by atoms with Crippen LogP contribution in [0.3, 0.4) is 0 Å². The lowest BCUT2D eigenvalue weighted by Crippen LogP contribution is -2.43. The van der Waals surface area contributed by atoms with Crippen LogP contribution in [0.15, 0.2) is 16.8 Å². The summed E-state index contributed by atoms with van der Waals surface area (Å²) in [5, 5.41) is 17.4. The van der Waals surface area contributed by atoms with E-state index in [1.165, 1.54) is 5.56 Å². The van der Waals surface area contributed by atoms with E-state index in [4.69, 9.17) is 4.74 Å². The van der Waals surface area contributed by atoms with Crippen LogP contribution in [0.1, 0.15) is 5.56 Å². The SMILES string of the molecule is OC(CNCc1ccsc1)CN1CCOCC1. The van der Waals surface area contributed by atoms with Crippen molar-refractivity contribution in [2.45, 2.75) is 12.6 Å². The van der Waals surface area contributed by atoms with E-state index in [0.29, 0.717) is 6.54 Å². The monoisotopic (exact) mass is 256 g/mol. The van der Waals surface area contributed by atoms with Crippen molar-refractivity contribution in [3.8, 4) is 0 Å². The van der Waals surface area contributed by atoms with Gasteiger partial charge in [-0.15, -0.1) is 0 Å². The quantitative estimate of drug-likeness (QED) is 0.779. The van der Waals surface area contributed by atoms with Gasteiger partial charge in [-0.05, 0) is 22.4 Å². The summed E-state index contributed by atoms with van der Waals surface area (Å²) in [7, 11) is 0. The molecule has 0 radical (unpaired) electrons. The Morgan fingerprint density at radius 2 is 2.29 bits per heavy atom. The Hall–Kier alpha value is -0.460. The molecule has 0 aliphatic carbocycles. The zero-order valence-electron chi connectivity index (χ0n) is 9.97. The molecule has 0 saturated carbocycles. The molecule has 2 N–H and O–H groups in total. The molecule has 5 heteroatoms. The number of nitrogens with one attached hydrogen (secondary N) is 1. The first-order valence-electron chi connectivity index (χ1n) is 6.04. The molecule has 17 heavy (non-hydrogen) atoms. The molecule has 1 unspecified atom stereocenters. The lowest BCUT2D eigenvalue weighted by Gasteiger charge is -2.28. The summed E-state index contributed by atoms with van der Waals surface area (Å²) in [6, 6.07) is 2.10. The Balaban J connectivity index is 1.58. The zero-order valence-corrected chi connectivity index (χ0v) is 10.8. The Kier molecular flexibility index (Phi) is 5.41. The third kappa shape index (κ3) is 4.73. The fourth-order valence-electron chi connectivity index (χ4n) is 1.92. The maximum absolute atomic E-state index is 9.89. The Labute approximate surface area is 106 Å². The van der Waals surface area contributed by atoms with Gasteiger partial charge in [0.25, 0.3) is 0 Å². The standard InChI is InChI=1S/C12H20N2O2S/c15-12(9-14-2-4-16-5-3-14)8-13-7-11-1-6-17-10-11/h1,6,10,12-13,15H,2-5,7-9H2. The molecule has 0 amide bonds. The van der Waals surface area contributed by atoms with Crippen LogP contribution in [0.25, 0.3) is 0 Å². The number of β-amino-alcohol motifs (C(OH)–C–C–N with tert-alkyl or cyclic N) is 1. The molecule has 0 spiro atoms. The van der Waals surface area contributed by atoms with Crippen molar-refractivity contribution in [3.05, 3.63) is 22.4 Å². The van der Waals surface area contributed by atoms with Gasteiger partial charge in [-0.1, -0.05) is 0 Å². The molecule has 1 saturated heterocycles. The molecular formula is C12H20N2O2S. The molecule has 0 aromatic carbocycles. The fraction of sp³-hybridized carbons (Fsp3) is 0.667. The van der Waals surface area contributed by atoms with Crippen LogP contribution in [-0.4, -0.2) is 55.5 Å². The second kappa shape index (κ2) is 7.08. The van der Waals surface area contributed by atoms with Gasteiger partial charge >= 0.3 is 0 Å². The van der Waals surface area contributed by atoms with Crippen molar-refractivity contribution in [2.24, 2.45) is 0 Å². The highest BCUT2D eigenvalue weighted by Gasteiger charge is 2.14. The summed E-state index contributed by atoms with van der Waals surface area (Å²) in [5.74, 6) is 0. The first-order chi connectivity index (χ1) is 8.34. The van der Waals surface area contributed by atoms with Crippen molar-refractivity contribution in [1.29, 1.82) is 0 Å². The molecule has 1 aromatic rings. The van der Waals surface area contributed by atoms with E-state index in [2.05, 4.69) is 27.0 Å². The van der Waals surface area contributed by atoms with Crippen LogP contribution < -0.4 is 5.32 Å². The number of rotatable bonds is 6.